The minimum absolute atomic E-state index is 0.0673. The van der Waals surface area contributed by atoms with Gasteiger partial charge in [0.2, 0.25) is 0 Å². The van der Waals surface area contributed by atoms with Crippen LogP contribution in [0.1, 0.15) is 37.8 Å². The number of aryl methyl sites for hydroxylation is 1. The van der Waals surface area contributed by atoms with Gasteiger partial charge in [0, 0.05) is 10.4 Å². The fourth-order valence-corrected chi connectivity index (χ4v) is 3.65. The molecule has 0 radical (unpaired) electrons. The number of hydrogen-bond donors (Lipinski definition) is 0. The van der Waals surface area contributed by atoms with Gasteiger partial charge in [-0.25, -0.2) is 0 Å². The molecule has 0 spiro atoms. The lowest BCUT2D eigenvalue weighted by Gasteiger charge is -2.27. The molecule has 1 atom stereocenters. The van der Waals surface area contributed by atoms with Crippen LogP contribution in [-0.4, -0.2) is 6.61 Å². The third-order valence-electron chi connectivity index (χ3n) is 5.38. The molecule has 3 rings (SSSR count). The summed E-state index contributed by atoms with van der Waals surface area (Å²) < 4.78 is 11.5. The molecule has 3 heteroatoms. The molecule has 0 bridgehead atoms. The molecule has 0 fully saturated rings. The van der Waals surface area contributed by atoms with Crippen molar-refractivity contribution in [2.75, 3.05) is 6.61 Å². The topological polar surface area (TPSA) is 18.5 Å². The van der Waals surface area contributed by atoms with Crippen molar-refractivity contribution in [1.29, 1.82) is 0 Å². The predicted molar refractivity (Wildman–Crippen MR) is 126 cm³/mol. The van der Waals surface area contributed by atoms with E-state index in [1.54, 1.807) is 0 Å². The van der Waals surface area contributed by atoms with Gasteiger partial charge in [-0.1, -0.05) is 48.9 Å². The van der Waals surface area contributed by atoms with Crippen LogP contribution < -0.4 is 9.47 Å². The van der Waals surface area contributed by atoms with Gasteiger partial charge in [0.05, 0.1) is 6.61 Å². The molecule has 156 valence electrons. The molecule has 1 unspecified atom stereocenters. The molecule has 0 aliphatic heterocycles. The maximum Gasteiger partial charge on any atom is 0.127 e. The van der Waals surface area contributed by atoms with Crippen molar-refractivity contribution in [3.8, 4) is 17.2 Å². The average Bonchev–Trinajstić information content (AvgIpc) is 2.76. The van der Waals surface area contributed by atoms with Crippen LogP contribution in [0.5, 0.6) is 17.2 Å². The number of hydrogen-bond acceptors (Lipinski definition) is 2. The van der Waals surface area contributed by atoms with Crippen LogP contribution in [0, 0.1) is 0 Å². The van der Waals surface area contributed by atoms with Crippen molar-refractivity contribution < 1.29 is 9.47 Å². The summed E-state index contributed by atoms with van der Waals surface area (Å²) in [7, 11) is 0. The van der Waals surface area contributed by atoms with E-state index >= 15 is 0 Å². The molecule has 0 aliphatic rings. The molecule has 0 saturated heterocycles. The van der Waals surface area contributed by atoms with E-state index in [1.165, 1.54) is 11.1 Å². The fraction of sp³-hybridized carbons (Fsp3) is 0.259. The summed E-state index contributed by atoms with van der Waals surface area (Å²) in [6.45, 7) is 9.02. The van der Waals surface area contributed by atoms with E-state index in [2.05, 4.69) is 43.8 Å². The summed E-state index contributed by atoms with van der Waals surface area (Å²) in [6.07, 6.45) is 5.12. The van der Waals surface area contributed by atoms with Gasteiger partial charge in [-0.15, -0.1) is 6.58 Å². The zero-order valence-electron chi connectivity index (χ0n) is 17.7. The van der Waals surface area contributed by atoms with Crippen molar-refractivity contribution in [2.45, 2.75) is 38.5 Å². The zero-order chi connectivity index (χ0) is 21.4. The summed E-state index contributed by atoms with van der Waals surface area (Å²) in [5.74, 6) is 2.53. The van der Waals surface area contributed by atoms with Gasteiger partial charge in [0.25, 0.3) is 0 Å². The first-order valence-electron chi connectivity index (χ1n) is 10.4. The van der Waals surface area contributed by atoms with Gasteiger partial charge in [0.1, 0.15) is 17.2 Å². The number of rotatable bonds is 10. The first-order valence-corrected chi connectivity index (χ1v) is 10.8. The smallest absolute Gasteiger partial charge is 0.127 e. The van der Waals surface area contributed by atoms with E-state index in [4.69, 9.17) is 21.1 Å². The maximum atomic E-state index is 5.96. The van der Waals surface area contributed by atoms with Gasteiger partial charge >= 0.3 is 0 Å². The van der Waals surface area contributed by atoms with Crippen LogP contribution >= 0.6 is 11.6 Å². The van der Waals surface area contributed by atoms with Crippen LogP contribution in [0.2, 0.25) is 5.02 Å². The lowest BCUT2D eigenvalue weighted by atomic mass is 9.78. The van der Waals surface area contributed by atoms with E-state index < -0.39 is 0 Å². The molecule has 0 amide bonds. The Balaban J connectivity index is 1.60. The van der Waals surface area contributed by atoms with Gasteiger partial charge in [-0.3, -0.25) is 0 Å². The molecule has 3 aromatic carbocycles. The van der Waals surface area contributed by atoms with Gasteiger partial charge in [-0.2, -0.15) is 0 Å². The number of ether oxygens (including phenoxy) is 2. The minimum Gasteiger partial charge on any atom is -0.494 e. The van der Waals surface area contributed by atoms with Gasteiger partial charge in [-0.05, 0) is 85.8 Å². The quantitative estimate of drug-likeness (QED) is 0.309. The van der Waals surface area contributed by atoms with E-state index in [1.807, 2.05) is 55.5 Å². The Morgan fingerprint density at radius 1 is 0.933 bits per heavy atom. The molecule has 3 aromatic rings. The van der Waals surface area contributed by atoms with Crippen LogP contribution in [0.3, 0.4) is 0 Å². The Bertz CT molecular complexity index is 947. The second kappa shape index (κ2) is 10.4. The molecule has 0 aliphatic carbocycles. The highest BCUT2D eigenvalue weighted by Crippen LogP contribution is 2.32. The number of halogens is 1. The Morgan fingerprint density at radius 3 is 2.30 bits per heavy atom. The van der Waals surface area contributed by atoms with E-state index in [0.717, 1.165) is 36.5 Å². The van der Waals surface area contributed by atoms with Crippen LogP contribution in [0.4, 0.5) is 0 Å². The van der Waals surface area contributed by atoms with Crippen LogP contribution in [-0.2, 0) is 11.8 Å². The summed E-state index contributed by atoms with van der Waals surface area (Å²) in [5.41, 5.74) is 2.46. The minimum atomic E-state index is -0.0673. The van der Waals surface area contributed by atoms with Gasteiger partial charge < -0.3 is 9.47 Å². The first-order chi connectivity index (χ1) is 14.5. The van der Waals surface area contributed by atoms with Crippen molar-refractivity contribution >= 4 is 11.6 Å². The summed E-state index contributed by atoms with van der Waals surface area (Å²) in [5, 5.41) is 0.703. The Labute approximate surface area is 185 Å². The molecule has 0 aromatic heterocycles. The highest BCUT2D eigenvalue weighted by atomic mass is 35.5. The third-order valence-corrected chi connectivity index (χ3v) is 5.64. The average molecular weight is 421 g/mol. The molecule has 0 heterocycles. The monoisotopic (exact) mass is 420 g/mol. The zero-order valence-corrected chi connectivity index (χ0v) is 18.5. The molecule has 30 heavy (non-hydrogen) atoms. The second-order valence-electron chi connectivity index (χ2n) is 7.64. The fourth-order valence-electron chi connectivity index (χ4n) is 3.53. The maximum absolute atomic E-state index is 5.96. The van der Waals surface area contributed by atoms with E-state index in [-0.39, 0.29) is 5.41 Å². The summed E-state index contributed by atoms with van der Waals surface area (Å²) >= 11 is 5.94. The van der Waals surface area contributed by atoms with Gasteiger partial charge in [0.15, 0.2) is 0 Å². The lowest BCUT2D eigenvalue weighted by molar-refractivity contribution is 0.340. The highest BCUT2D eigenvalue weighted by molar-refractivity contribution is 6.30. The van der Waals surface area contributed by atoms with Crippen molar-refractivity contribution in [3.05, 3.63) is 102 Å². The Hall–Kier alpha value is -2.71. The predicted octanol–water partition coefficient (Wildman–Crippen LogP) is 8.00. The first kappa shape index (κ1) is 22.0. The normalized spacial score (nSPS) is 12.8. The molecule has 0 saturated carbocycles. The number of allylic oxidation sites excluding steroid dienone is 1. The largest absolute Gasteiger partial charge is 0.494 e. The molecular weight excluding hydrogens is 392 g/mol. The standard InChI is InChI=1S/C27H29ClO2/c1-4-27(3,22-11-15-24(16-12-22)29-5-2)19-7-9-21-8-6-10-26(20-21)30-25-17-13-23(28)14-18-25/h4,6,8,10-18,20H,1,5,7,9,19H2,2-3H3. The third kappa shape index (κ3) is 5.90. The Morgan fingerprint density at radius 2 is 1.63 bits per heavy atom. The van der Waals surface area contributed by atoms with Crippen LogP contribution in [0.15, 0.2) is 85.5 Å². The molecular formula is C27H29ClO2. The van der Waals surface area contributed by atoms with Crippen molar-refractivity contribution in [1.82, 2.24) is 0 Å². The van der Waals surface area contributed by atoms with E-state index in [0.29, 0.717) is 11.6 Å². The summed E-state index contributed by atoms with van der Waals surface area (Å²) in [6, 6.07) is 24.1. The summed E-state index contributed by atoms with van der Waals surface area (Å²) in [4.78, 5) is 0. The number of benzene rings is 3. The van der Waals surface area contributed by atoms with Crippen molar-refractivity contribution in [2.24, 2.45) is 0 Å². The molecule has 0 N–H and O–H groups in total. The SMILES string of the molecule is C=CC(C)(CCCc1cccc(Oc2ccc(Cl)cc2)c1)c1ccc(OCC)cc1. The lowest BCUT2D eigenvalue weighted by Crippen LogP contribution is -2.18. The van der Waals surface area contributed by atoms with Crippen LogP contribution in [0.25, 0.3) is 0 Å². The second-order valence-corrected chi connectivity index (χ2v) is 8.07. The Kier molecular flexibility index (Phi) is 7.59. The van der Waals surface area contributed by atoms with E-state index in [9.17, 15) is 0 Å². The van der Waals surface area contributed by atoms with Crippen molar-refractivity contribution in [3.63, 3.8) is 0 Å². The molecule has 2 nitrogen and oxygen atoms in total. The highest BCUT2D eigenvalue weighted by Gasteiger charge is 2.22.